The number of methoxy groups -OCH3 is 1. The number of aromatic amines is 1. The standard InChI is InChI=1S/C11H12ClN3OS/c1-3-10-13-14-11(17)15(10)9-6-7(16-2)4-5-8(9)12/h4-6H,3H2,1-2H3,(H,14,17). The van der Waals surface area contributed by atoms with Gasteiger partial charge >= 0.3 is 0 Å². The number of H-pyrrole nitrogens is 1. The van der Waals surface area contributed by atoms with Crippen LogP contribution in [0, 0.1) is 4.77 Å². The van der Waals surface area contributed by atoms with Crippen molar-refractivity contribution in [3.8, 4) is 11.4 Å². The van der Waals surface area contributed by atoms with Gasteiger partial charge in [0.05, 0.1) is 17.8 Å². The Morgan fingerprint density at radius 1 is 1.53 bits per heavy atom. The molecule has 0 spiro atoms. The zero-order valence-corrected chi connectivity index (χ0v) is 11.1. The summed E-state index contributed by atoms with van der Waals surface area (Å²) in [5.74, 6) is 1.57. The molecule has 1 aromatic heterocycles. The van der Waals surface area contributed by atoms with E-state index in [1.165, 1.54) is 0 Å². The monoisotopic (exact) mass is 269 g/mol. The van der Waals surface area contributed by atoms with Gasteiger partial charge in [0.15, 0.2) is 4.77 Å². The smallest absolute Gasteiger partial charge is 0.199 e. The van der Waals surface area contributed by atoms with Crippen molar-refractivity contribution in [2.75, 3.05) is 7.11 Å². The average Bonchev–Trinajstić information content (AvgIpc) is 2.71. The number of ether oxygens (including phenoxy) is 1. The number of rotatable bonds is 3. The third-order valence-corrected chi connectivity index (χ3v) is 3.05. The van der Waals surface area contributed by atoms with Gasteiger partial charge in [0.1, 0.15) is 11.6 Å². The highest BCUT2D eigenvalue weighted by Gasteiger charge is 2.11. The molecule has 2 rings (SSSR count). The summed E-state index contributed by atoms with van der Waals surface area (Å²) >= 11 is 11.4. The van der Waals surface area contributed by atoms with Crippen LogP contribution in [0.2, 0.25) is 5.02 Å². The van der Waals surface area contributed by atoms with Gasteiger partial charge in [0, 0.05) is 12.5 Å². The summed E-state index contributed by atoms with van der Waals surface area (Å²) < 4.78 is 7.53. The second-order valence-electron chi connectivity index (χ2n) is 3.45. The number of hydrogen-bond acceptors (Lipinski definition) is 3. The van der Waals surface area contributed by atoms with E-state index in [0.29, 0.717) is 9.79 Å². The Morgan fingerprint density at radius 3 is 2.94 bits per heavy atom. The fraction of sp³-hybridized carbons (Fsp3) is 0.273. The van der Waals surface area contributed by atoms with E-state index in [9.17, 15) is 0 Å². The average molecular weight is 270 g/mol. The maximum absolute atomic E-state index is 6.18. The molecule has 0 saturated carbocycles. The van der Waals surface area contributed by atoms with E-state index in [-0.39, 0.29) is 0 Å². The molecule has 90 valence electrons. The Bertz CT molecular complexity index is 591. The van der Waals surface area contributed by atoms with E-state index >= 15 is 0 Å². The summed E-state index contributed by atoms with van der Waals surface area (Å²) in [4.78, 5) is 0. The van der Waals surface area contributed by atoms with E-state index in [1.54, 1.807) is 19.2 Å². The number of nitrogens with one attached hydrogen (secondary N) is 1. The fourth-order valence-electron chi connectivity index (χ4n) is 1.61. The first-order chi connectivity index (χ1) is 8.17. The largest absolute Gasteiger partial charge is 0.497 e. The summed E-state index contributed by atoms with van der Waals surface area (Å²) in [6, 6.07) is 5.43. The first-order valence-electron chi connectivity index (χ1n) is 5.17. The molecule has 6 heteroatoms. The van der Waals surface area contributed by atoms with Crippen LogP contribution in [0.25, 0.3) is 5.69 Å². The van der Waals surface area contributed by atoms with E-state index in [4.69, 9.17) is 28.6 Å². The van der Waals surface area contributed by atoms with E-state index < -0.39 is 0 Å². The lowest BCUT2D eigenvalue weighted by Crippen LogP contribution is -2.01. The van der Waals surface area contributed by atoms with Crippen molar-refractivity contribution < 1.29 is 4.74 Å². The Morgan fingerprint density at radius 2 is 2.29 bits per heavy atom. The molecule has 1 aromatic carbocycles. The van der Waals surface area contributed by atoms with E-state index in [0.717, 1.165) is 23.7 Å². The Balaban J connectivity index is 2.66. The minimum absolute atomic E-state index is 0.525. The van der Waals surface area contributed by atoms with Gasteiger partial charge in [-0.3, -0.25) is 9.67 Å². The highest BCUT2D eigenvalue weighted by Crippen LogP contribution is 2.26. The third-order valence-electron chi connectivity index (χ3n) is 2.45. The maximum Gasteiger partial charge on any atom is 0.199 e. The number of hydrogen-bond donors (Lipinski definition) is 1. The minimum atomic E-state index is 0.525. The predicted octanol–water partition coefficient (Wildman–Crippen LogP) is 3.15. The molecule has 0 amide bonds. The highest BCUT2D eigenvalue weighted by molar-refractivity contribution is 7.71. The Labute approximate surface area is 109 Å². The van der Waals surface area contributed by atoms with Gasteiger partial charge in [-0.15, -0.1) is 0 Å². The van der Waals surface area contributed by atoms with Gasteiger partial charge < -0.3 is 4.74 Å². The van der Waals surface area contributed by atoms with E-state index in [1.807, 2.05) is 17.6 Å². The molecule has 0 unspecified atom stereocenters. The molecule has 0 aliphatic heterocycles. The van der Waals surface area contributed by atoms with Gasteiger partial charge in [-0.05, 0) is 24.4 Å². The van der Waals surface area contributed by atoms with Crippen LogP contribution in [-0.2, 0) is 6.42 Å². The fourth-order valence-corrected chi connectivity index (χ4v) is 2.06. The highest BCUT2D eigenvalue weighted by atomic mass is 35.5. The molecule has 17 heavy (non-hydrogen) atoms. The molecule has 0 saturated heterocycles. The van der Waals surface area contributed by atoms with Crippen LogP contribution in [0.5, 0.6) is 5.75 Å². The molecule has 1 heterocycles. The molecule has 0 atom stereocenters. The molecule has 4 nitrogen and oxygen atoms in total. The third kappa shape index (κ3) is 2.21. The molecule has 2 aromatic rings. The summed E-state index contributed by atoms with van der Waals surface area (Å²) in [6.45, 7) is 2.01. The van der Waals surface area contributed by atoms with Crippen molar-refractivity contribution in [2.45, 2.75) is 13.3 Å². The number of benzene rings is 1. The van der Waals surface area contributed by atoms with Crippen LogP contribution < -0.4 is 4.74 Å². The Hall–Kier alpha value is -1.33. The molecular formula is C11H12ClN3OS. The van der Waals surface area contributed by atoms with E-state index in [2.05, 4.69) is 10.2 Å². The summed E-state index contributed by atoms with van der Waals surface area (Å²) in [7, 11) is 1.61. The summed E-state index contributed by atoms with van der Waals surface area (Å²) in [5, 5.41) is 7.53. The zero-order valence-electron chi connectivity index (χ0n) is 9.53. The van der Waals surface area contributed by atoms with Crippen LogP contribution in [0.1, 0.15) is 12.7 Å². The van der Waals surface area contributed by atoms with Crippen LogP contribution in [0.15, 0.2) is 18.2 Å². The first-order valence-corrected chi connectivity index (χ1v) is 5.96. The second kappa shape index (κ2) is 4.89. The first kappa shape index (κ1) is 12.1. The topological polar surface area (TPSA) is 42.8 Å². The molecule has 1 N–H and O–H groups in total. The number of aryl methyl sites for hydroxylation is 1. The van der Waals surface area contributed by atoms with Crippen molar-refractivity contribution in [1.82, 2.24) is 14.8 Å². The van der Waals surface area contributed by atoms with Crippen LogP contribution in [0.4, 0.5) is 0 Å². The molecule has 0 aliphatic rings. The van der Waals surface area contributed by atoms with Crippen LogP contribution in [-0.4, -0.2) is 21.9 Å². The van der Waals surface area contributed by atoms with Crippen molar-refractivity contribution in [2.24, 2.45) is 0 Å². The zero-order chi connectivity index (χ0) is 12.4. The van der Waals surface area contributed by atoms with Gasteiger partial charge in [0.25, 0.3) is 0 Å². The lowest BCUT2D eigenvalue weighted by molar-refractivity contribution is 0.414. The lowest BCUT2D eigenvalue weighted by atomic mass is 10.3. The number of nitrogens with zero attached hydrogens (tertiary/aromatic N) is 2. The van der Waals surface area contributed by atoms with Crippen molar-refractivity contribution in [1.29, 1.82) is 0 Å². The second-order valence-corrected chi connectivity index (χ2v) is 4.25. The quantitative estimate of drug-likeness (QED) is 0.871. The van der Waals surface area contributed by atoms with Gasteiger partial charge in [-0.2, -0.15) is 5.10 Å². The van der Waals surface area contributed by atoms with Crippen LogP contribution >= 0.6 is 23.8 Å². The molecule has 0 radical (unpaired) electrons. The maximum atomic E-state index is 6.18. The van der Waals surface area contributed by atoms with Gasteiger partial charge in [-0.25, -0.2) is 0 Å². The molecular weight excluding hydrogens is 258 g/mol. The molecule has 0 fully saturated rings. The predicted molar refractivity (Wildman–Crippen MR) is 69.7 cm³/mol. The summed E-state index contributed by atoms with van der Waals surface area (Å²) in [6.07, 6.45) is 0.765. The van der Waals surface area contributed by atoms with Gasteiger partial charge in [-0.1, -0.05) is 18.5 Å². The number of aromatic nitrogens is 3. The van der Waals surface area contributed by atoms with Crippen molar-refractivity contribution in [3.63, 3.8) is 0 Å². The van der Waals surface area contributed by atoms with Crippen molar-refractivity contribution in [3.05, 3.63) is 33.8 Å². The normalized spacial score (nSPS) is 10.5. The lowest BCUT2D eigenvalue weighted by Gasteiger charge is -2.09. The minimum Gasteiger partial charge on any atom is -0.497 e. The number of halogens is 1. The Kier molecular flexibility index (Phi) is 3.49. The SMILES string of the molecule is CCc1n[nH]c(=S)n1-c1cc(OC)ccc1Cl. The summed E-state index contributed by atoms with van der Waals surface area (Å²) in [5.41, 5.74) is 0.779. The van der Waals surface area contributed by atoms with Crippen LogP contribution in [0.3, 0.4) is 0 Å². The molecule has 0 aliphatic carbocycles. The molecule has 0 bridgehead atoms. The van der Waals surface area contributed by atoms with Crippen molar-refractivity contribution >= 4 is 23.8 Å². The van der Waals surface area contributed by atoms with Gasteiger partial charge in [0.2, 0.25) is 0 Å².